The molecule has 8 heteroatoms. The lowest BCUT2D eigenvalue weighted by atomic mass is 10.1. The van der Waals surface area contributed by atoms with Crippen molar-refractivity contribution in [2.24, 2.45) is 0 Å². The lowest BCUT2D eigenvalue weighted by Crippen LogP contribution is -2.28. The molecule has 2 heterocycles. The first kappa shape index (κ1) is 22.6. The smallest absolute Gasteiger partial charge is 0.252 e. The highest BCUT2D eigenvalue weighted by atomic mass is 19.1. The average molecular weight is 469 g/mol. The molecule has 35 heavy (non-hydrogen) atoms. The molecular formula is C27H25FN6O. The lowest BCUT2D eigenvalue weighted by Gasteiger charge is -2.22. The zero-order valence-corrected chi connectivity index (χ0v) is 19.4. The predicted octanol–water partition coefficient (Wildman–Crippen LogP) is 4.21. The topological polar surface area (TPSA) is 79.7 Å². The van der Waals surface area contributed by atoms with Crippen LogP contribution in [0.15, 0.2) is 83.7 Å². The Bertz CT molecular complexity index is 1490. The maximum absolute atomic E-state index is 13.3. The van der Waals surface area contributed by atoms with E-state index in [1.54, 1.807) is 16.8 Å². The van der Waals surface area contributed by atoms with Crippen LogP contribution in [-0.4, -0.2) is 30.1 Å². The van der Waals surface area contributed by atoms with Gasteiger partial charge in [0, 0.05) is 18.7 Å². The molecule has 0 saturated heterocycles. The minimum atomic E-state index is -0.282. The molecule has 0 amide bonds. The van der Waals surface area contributed by atoms with Crippen molar-refractivity contribution in [3.8, 4) is 0 Å². The Balaban J connectivity index is 1.43. The van der Waals surface area contributed by atoms with Crippen LogP contribution in [0, 0.1) is 12.7 Å². The summed E-state index contributed by atoms with van der Waals surface area (Å²) in [7, 11) is 0. The zero-order valence-electron chi connectivity index (χ0n) is 19.4. The Morgan fingerprint density at radius 3 is 2.51 bits per heavy atom. The van der Waals surface area contributed by atoms with E-state index in [-0.39, 0.29) is 11.4 Å². The molecular weight excluding hydrogens is 443 g/mol. The van der Waals surface area contributed by atoms with Crippen molar-refractivity contribution in [3.05, 3.63) is 123 Å². The van der Waals surface area contributed by atoms with Gasteiger partial charge >= 0.3 is 0 Å². The number of nitrogens with one attached hydrogen (secondary N) is 1. The van der Waals surface area contributed by atoms with Crippen LogP contribution in [0.25, 0.3) is 10.9 Å². The minimum absolute atomic E-state index is 0.101. The third-order valence-corrected chi connectivity index (χ3v) is 6.02. The summed E-state index contributed by atoms with van der Waals surface area (Å²) in [6.45, 7) is 3.90. The van der Waals surface area contributed by atoms with Gasteiger partial charge in [0.15, 0.2) is 5.82 Å². The van der Waals surface area contributed by atoms with Gasteiger partial charge in [-0.05, 0) is 57.6 Å². The summed E-state index contributed by atoms with van der Waals surface area (Å²) in [5.74, 6) is 0.383. The zero-order chi connectivity index (χ0) is 24.2. The number of benzene rings is 3. The van der Waals surface area contributed by atoms with E-state index >= 15 is 0 Å². The molecule has 0 aliphatic heterocycles. The second-order valence-electron chi connectivity index (χ2n) is 8.67. The van der Waals surface area contributed by atoms with Gasteiger partial charge in [0.25, 0.3) is 5.56 Å². The number of nitrogens with zero attached hydrogens (tertiary/aromatic N) is 5. The second kappa shape index (κ2) is 9.99. The maximum atomic E-state index is 13.3. The van der Waals surface area contributed by atoms with Crippen LogP contribution >= 0.6 is 0 Å². The van der Waals surface area contributed by atoms with E-state index in [4.69, 9.17) is 0 Å². The number of aromatic amines is 1. The summed E-state index contributed by atoms with van der Waals surface area (Å²) in [6, 6.07) is 24.3. The molecule has 176 valence electrons. The van der Waals surface area contributed by atoms with Crippen LogP contribution in [0.1, 0.15) is 28.1 Å². The van der Waals surface area contributed by atoms with Gasteiger partial charge < -0.3 is 4.98 Å². The molecule has 0 unspecified atom stereocenters. The van der Waals surface area contributed by atoms with Gasteiger partial charge in [-0.1, -0.05) is 60.7 Å². The fourth-order valence-electron chi connectivity index (χ4n) is 4.22. The highest BCUT2D eigenvalue weighted by molar-refractivity contribution is 5.81. The molecule has 7 nitrogen and oxygen atoms in total. The Kier molecular flexibility index (Phi) is 6.45. The van der Waals surface area contributed by atoms with Gasteiger partial charge in [0.05, 0.1) is 18.6 Å². The molecule has 0 bridgehead atoms. The van der Waals surface area contributed by atoms with E-state index in [2.05, 4.69) is 37.5 Å². The number of hydrogen-bond acceptors (Lipinski definition) is 5. The fraction of sp³-hybridized carbons (Fsp3) is 0.185. The molecule has 2 aromatic heterocycles. The number of rotatable bonds is 8. The summed E-state index contributed by atoms with van der Waals surface area (Å²) < 4.78 is 15.0. The first-order valence-electron chi connectivity index (χ1n) is 11.4. The van der Waals surface area contributed by atoms with Gasteiger partial charge in [-0.15, -0.1) is 5.10 Å². The highest BCUT2D eigenvalue weighted by Crippen LogP contribution is 2.18. The van der Waals surface area contributed by atoms with Gasteiger partial charge in [-0.2, -0.15) is 0 Å². The van der Waals surface area contributed by atoms with Crippen LogP contribution in [0.4, 0.5) is 4.39 Å². The number of H-pyrrole nitrogens is 1. The third-order valence-electron chi connectivity index (χ3n) is 6.02. The molecule has 0 atom stereocenters. The summed E-state index contributed by atoms with van der Waals surface area (Å²) in [5.41, 5.74) is 4.49. The van der Waals surface area contributed by atoms with E-state index in [0.29, 0.717) is 37.6 Å². The fourth-order valence-corrected chi connectivity index (χ4v) is 4.22. The van der Waals surface area contributed by atoms with E-state index in [9.17, 15) is 9.18 Å². The van der Waals surface area contributed by atoms with Crippen molar-refractivity contribution in [2.75, 3.05) is 0 Å². The average Bonchev–Trinajstić information content (AvgIpc) is 3.28. The normalized spacial score (nSPS) is 11.4. The van der Waals surface area contributed by atoms with Crippen LogP contribution in [0.5, 0.6) is 0 Å². The molecule has 5 rings (SSSR count). The lowest BCUT2D eigenvalue weighted by molar-refractivity contribution is 0.236. The Morgan fingerprint density at radius 2 is 1.71 bits per heavy atom. The summed E-state index contributed by atoms with van der Waals surface area (Å²) in [6.07, 6.45) is 0. The molecule has 3 aromatic carbocycles. The van der Waals surface area contributed by atoms with Crippen molar-refractivity contribution in [1.82, 2.24) is 30.1 Å². The predicted molar refractivity (Wildman–Crippen MR) is 132 cm³/mol. The monoisotopic (exact) mass is 468 g/mol. The Hall–Kier alpha value is -4.17. The number of pyridine rings is 1. The van der Waals surface area contributed by atoms with Gasteiger partial charge in [-0.3, -0.25) is 9.69 Å². The first-order chi connectivity index (χ1) is 17.0. The number of fused-ring (bicyclic) bond motifs is 1. The molecule has 5 aromatic rings. The van der Waals surface area contributed by atoms with Crippen molar-refractivity contribution < 1.29 is 4.39 Å². The summed E-state index contributed by atoms with van der Waals surface area (Å²) >= 11 is 0. The number of para-hydroxylation sites is 1. The first-order valence-corrected chi connectivity index (χ1v) is 11.4. The molecule has 0 fully saturated rings. The van der Waals surface area contributed by atoms with E-state index < -0.39 is 0 Å². The van der Waals surface area contributed by atoms with Gasteiger partial charge in [0.2, 0.25) is 0 Å². The third kappa shape index (κ3) is 5.33. The largest absolute Gasteiger partial charge is 0.321 e. The maximum Gasteiger partial charge on any atom is 0.252 e. The Morgan fingerprint density at radius 1 is 0.914 bits per heavy atom. The molecule has 0 radical (unpaired) electrons. The minimum Gasteiger partial charge on any atom is -0.321 e. The van der Waals surface area contributed by atoms with Gasteiger partial charge in [0.1, 0.15) is 5.82 Å². The second-order valence-corrected chi connectivity index (χ2v) is 8.67. The SMILES string of the molecule is Cc1cccc2cc(CN(Cc3ccccc3)Cc3nnnn3Cc3ccc(F)cc3)c(=O)[nH]c12. The molecule has 0 spiro atoms. The van der Waals surface area contributed by atoms with E-state index in [1.165, 1.54) is 12.1 Å². The number of hydrogen-bond donors (Lipinski definition) is 1. The van der Waals surface area contributed by atoms with Crippen LogP contribution < -0.4 is 5.56 Å². The highest BCUT2D eigenvalue weighted by Gasteiger charge is 2.16. The van der Waals surface area contributed by atoms with Crippen LogP contribution in [-0.2, 0) is 26.2 Å². The van der Waals surface area contributed by atoms with E-state index in [0.717, 1.165) is 27.6 Å². The van der Waals surface area contributed by atoms with E-state index in [1.807, 2.05) is 49.4 Å². The summed E-state index contributed by atoms with van der Waals surface area (Å²) in [5, 5.41) is 13.2. The van der Waals surface area contributed by atoms with Crippen molar-refractivity contribution in [2.45, 2.75) is 33.1 Å². The number of aryl methyl sites for hydroxylation is 1. The Labute approximate surface area is 201 Å². The number of tetrazole rings is 1. The van der Waals surface area contributed by atoms with Crippen molar-refractivity contribution >= 4 is 10.9 Å². The van der Waals surface area contributed by atoms with Crippen LogP contribution in [0.3, 0.4) is 0 Å². The van der Waals surface area contributed by atoms with Crippen molar-refractivity contribution in [1.29, 1.82) is 0 Å². The quantitative estimate of drug-likeness (QED) is 0.369. The molecule has 0 saturated carbocycles. The number of aromatic nitrogens is 5. The van der Waals surface area contributed by atoms with Crippen LogP contribution in [0.2, 0.25) is 0 Å². The van der Waals surface area contributed by atoms with Crippen molar-refractivity contribution in [3.63, 3.8) is 0 Å². The summed E-state index contributed by atoms with van der Waals surface area (Å²) in [4.78, 5) is 18.1. The molecule has 0 aliphatic carbocycles. The van der Waals surface area contributed by atoms with Gasteiger partial charge in [-0.25, -0.2) is 9.07 Å². The standard InChI is InChI=1S/C27H25FN6O/c1-19-6-5-9-22-14-23(27(35)29-26(19)22)17-33(15-20-7-3-2-4-8-20)18-25-30-31-32-34(25)16-21-10-12-24(28)13-11-21/h2-14H,15-18H2,1H3,(H,29,35). The molecule has 0 aliphatic rings. The molecule has 1 N–H and O–H groups in total. The number of halogens is 1.